The smallest absolute Gasteiger partial charge is 0.271 e. The predicted octanol–water partition coefficient (Wildman–Crippen LogP) is 5.11. The highest BCUT2D eigenvalue weighted by Gasteiger charge is 2.34. The van der Waals surface area contributed by atoms with Crippen LogP contribution in [-0.2, 0) is 6.42 Å². The molecule has 38 heavy (non-hydrogen) atoms. The molecule has 0 amide bonds. The van der Waals surface area contributed by atoms with Crippen LogP contribution in [0.4, 0.5) is 0 Å². The highest BCUT2D eigenvalue weighted by atomic mass is 79.9. The van der Waals surface area contributed by atoms with Crippen LogP contribution in [-0.4, -0.2) is 25.9 Å². The zero-order valence-corrected chi connectivity index (χ0v) is 23.6. The monoisotopic (exact) mass is 588 g/mol. The SMILES string of the molecule is COc1cc(OC)c(/C=c2/sc3n(c2=O)[C@@H](c2ccccc2OC)C2=C(N=3)c3ccccc3CC2)cc1Br. The van der Waals surface area contributed by atoms with E-state index in [9.17, 15) is 4.79 Å². The zero-order valence-electron chi connectivity index (χ0n) is 21.2. The maximum Gasteiger partial charge on any atom is 0.271 e. The van der Waals surface area contributed by atoms with Crippen molar-refractivity contribution < 1.29 is 14.2 Å². The molecule has 1 aliphatic carbocycles. The van der Waals surface area contributed by atoms with Gasteiger partial charge in [-0.1, -0.05) is 53.8 Å². The van der Waals surface area contributed by atoms with Crippen molar-refractivity contribution >= 4 is 39.0 Å². The molecule has 6 rings (SSSR count). The van der Waals surface area contributed by atoms with Gasteiger partial charge >= 0.3 is 0 Å². The molecular weight excluding hydrogens is 564 g/mol. The molecule has 192 valence electrons. The molecule has 2 heterocycles. The van der Waals surface area contributed by atoms with Crippen LogP contribution in [0.1, 0.15) is 34.7 Å². The minimum Gasteiger partial charge on any atom is -0.496 e. The number of allylic oxidation sites excluding steroid dienone is 1. The van der Waals surface area contributed by atoms with E-state index >= 15 is 0 Å². The highest BCUT2D eigenvalue weighted by molar-refractivity contribution is 9.10. The molecule has 1 aliphatic heterocycles. The average molecular weight is 590 g/mol. The first-order valence-corrected chi connectivity index (χ1v) is 13.8. The maximum atomic E-state index is 14.1. The summed E-state index contributed by atoms with van der Waals surface area (Å²) in [5.41, 5.74) is 6.14. The summed E-state index contributed by atoms with van der Waals surface area (Å²) in [6.07, 6.45) is 3.59. The van der Waals surface area contributed by atoms with Crippen LogP contribution in [0.5, 0.6) is 17.2 Å². The number of methoxy groups -OCH3 is 3. The molecular formula is C30H25BrN2O4S. The van der Waals surface area contributed by atoms with Crippen molar-refractivity contribution in [2.45, 2.75) is 18.9 Å². The van der Waals surface area contributed by atoms with Crippen LogP contribution < -0.4 is 29.1 Å². The van der Waals surface area contributed by atoms with E-state index in [1.807, 2.05) is 47.0 Å². The average Bonchev–Trinajstić information content (AvgIpc) is 3.26. The van der Waals surface area contributed by atoms with Crippen molar-refractivity contribution in [1.29, 1.82) is 0 Å². The second kappa shape index (κ2) is 9.93. The van der Waals surface area contributed by atoms with Crippen LogP contribution in [0.3, 0.4) is 0 Å². The van der Waals surface area contributed by atoms with E-state index in [-0.39, 0.29) is 11.6 Å². The van der Waals surface area contributed by atoms with Gasteiger partial charge in [0.2, 0.25) is 0 Å². The molecule has 4 aromatic rings. The molecule has 0 saturated heterocycles. The normalized spacial score (nSPS) is 16.3. The largest absolute Gasteiger partial charge is 0.496 e. The third-order valence-corrected chi connectivity index (χ3v) is 8.70. The Morgan fingerprint density at radius 1 is 0.947 bits per heavy atom. The molecule has 2 aliphatic rings. The summed E-state index contributed by atoms with van der Waals surface area (Å²) in [5.74, 6) is 2.02. The van der Waals surface area contributed by atoms with Gasteiger partial charge in [0.15, 0.2) is 4.80 Å². The second-order valence-corrected chi connectivity index (χ2v) is 10.9. The fourth-order valence-corrected chi connectivity index (χ4v) is 6.84. The lowest BCUT2D eigenvalue weighted by atomic mass is 9.83. The molecule has 0 radical (unpaired) electrons. The number of thiazole rings is 1. The third kappa shape index (κ3) is 3.99. The summed E-state index contributed by atoms with van der Waals surface area (Å²) < 4.78 is 20.0. The Bertz CT molecular complexity index is 1790. The minimum atomic E-state index is -0.308. The van der Waals surface area contributed by atoms with Crippen LogP contribution >= 0.6 is 27.3 Å². The van der Waals surface area contributed by atoms with Gasteiger partial charge in [0.1, 0.15) is 17.2 Å². The van der Waals surface area contributed by atoms with Gasteiger partial charge in [-0.3, -0.25) is 9.36 Å². The Balaban J connectivity index is 1.63. The van der Waals surface area contributed by atoms with Gasteiger partial charge in [-0.25, -0.2) is 4.99 Å². The number of hydrogen-bond donors (Lipinski definition) is 0. The zero-order chi connectivity index (χ0) is 26.4. The highest BCUT2D eigenvalue weighted by Crippen LogP contribution is 2.43. The van der Waals surface area contributed by atoms with Crippen molar-refractivity contribution in [1.82, 2.24) is 4.57 Å². The Labute approximate surface area is 232 Å². The van der Waals surface area contributed by atoms with Gasteiger partial charge < -0.3 is 14.2 Å². The van der Waals surface area contributed by atoms with Crippen LogP contribution in [0.25, 0.3) is 11.8 Å². The molecule has 0 fully saturated rings. The van der Waals surface area contributed by atoms with Gasteiger partial charge in [-0.15, -0.1) is 0 Å². The molecule has 0 spiro atoms. The van der Waals surface area contributed by atoms with E-state index in [1.54, 1.807) is 27.4 Å². The van der Waals surface area contributed by atoms with Gasteiger partial charge in [0.25, 0.3) is 5.56 Å². The van der Waals surface area contributed by atoms with Crippen LogP contribution in [0.15, 0.2) is 80.5 Å². The summed E-state index contributed by atoms with van der Waals surface area (Å²) in [6, 6.07) is 19.7. The van der Waals surface area contributed by atoms with E-state index in [1.165, 1.54) is 16.9 Å². The van der Waals surface area contributed by atoms with Crippen LogP contribution in [0.2, 0.25) is 0 Å². The Kier molecular flexibility index (Phi) is 6.45. The van der Waals surface area contributed by atoms with E-state index in [4.69, 9.17) is 19.2 Å². The van der Waals surface area contributed by atoms with Gasteiger partial charge in [0.05, 0.1) is 42.1 Å². The van der Waals surface area contributed by atoms with E-state index in [2.05, 4.69) is 34.1 Å². The summed E-state index contributed by atoms with van der Waals surface area (Å²) in [5, 5.41) is 0. The van der Waals surface area contributed by atoms with Crippen molar-refractivity contribution in [3.8, 4) is 17.2 Å². The number of hydrogen-bond acceptors (Lipinski definition) is 6. The molecule has 0 N–H and O–H groups in total. The standard InChI is InChI=1S/C30H25BrN2O4S/c1-35-23-11-7-6-10-20(23)28-21-13-12-17-8-4-5-9-19(17)27(21)32-30-33(28)29(34)26(38-30)15-18-14-22(31)25(37-3)16-24(18)36-2/h4-11,14-16,28H,12-13H2,1-3H3/b26-15+/t28-/m0/s1. The fraction of sp³-hybridized carbons (Fsp3) is 0.200. The lowest BCUT2D eigenvalue weighted by Crippen LogP contribution is -2.39. The first kappa shape index (κ1) is 24.7. The number of aryl methyl sites for hydroxylation is 1. The number of aromatic nitrogens is 1. The molecule has 8 heteroatoms. The fourth-order valence-electron chi connectivity index (χ4n) is 5.33. The topological polar surface area (TPSA) is 62.0 Å². The molecule has 0 saturated carbocycles. The minimum absolute atomic E-state index is 0.0935. The summed E-state index contributed by atoms with van der Waals surface area (Å²) >= 11 is 4.94. The Morgan fingerprint density at radius 2 is 1.68 bits per heavy atom. The Hall–Kier alpha value is -3.62. The lowest BCUT2D eigenvalue weighted by Gasteiger charge is -2.31. The van der Waals surface area contributed by atoms with Gasteiger partial charge in [-0.05, 0) is 58.1 Å². The predicted molar refractivity (Wildman–Crippen MR) is 153 cm³/mol. The molecule has 1 aromatic heterocycles. The number of halogens is 1. The van der Waals surface area contributed by atoms with E-state index in [0.29, 0.717) is 20.8 Å². The summed E-state index contributed by atoms with van der Waals surface area (Å²) in [6.45, 7) is 0. The number of benzene rings is 3. The first-order chi connectivity index (χ1) is 18.5. The lowest BCUT2D eigenvalue weighted by molar-refractivity contribution is 0.392. The van der Waals surface area contributed by atoms with Crippen molar-refractivity contribution in [2.75, 3.05) is 21.3 Å². The molecule has 1 atom stereocenters. The van der Waals surface area contributed by atoms with Crippen molar-refractivity contribution in [2.24, 2.45) is 4.99 Å². The third-order valence-electron chi connectivity index (χ3n) is 7.10. The van der Waals surface area contributed by atoms with Gasteiger partial charge in [0, 0.05) is 22.8 Å². The summed E-state index contributed by atoms with van der Waals surface area (Å²) in [4.78, 5) is 19.8. The van der Waals surface area contributed by atoms with E-state index < -0.39 is 0 Å². The quantitative estimate of drug-likeness (QED) is 0.325. The molecule has 0 bridgehead atoms. The first-order valence-electron chi connectivity index (χ1n) is 12.2. The van der Waals surface area contributed by atoms with Crippen molar-refractivity contribution in [3.63, 3.8) is 0 Å². The molecule has 3 aromatic carbocycles. The second-order valence-electron chi connectivity index (χ2n) is 9.08. The maximum absolute atomic E-state index is 14.1. The molecule has 0 unspecified atom stereocenters. The Morgan fingerprint density at radius 3 is 2.47 bits per heavy atom. The van der Waals surface area contributed by atoms with Crippen molar-refractivity contribution in [3.05, 3.63) is 113 Å². The summed E-state index contributed by atoms with van der Waals surface area (Å²) in [7, 11) is 4.88. The molecule has 6 nitrogen and oxygen atoms in total. The van der Waals surface area contributed by atoms with Crippen LogP contribution in [0, 0.1) is 0 Å². The number of nitrogens with zero attached hydrogens (tertiary/aromatic N) is 2. The van der Waals surface area contributed by atoms with E-state index in [0.717, 1.165) is 51.0 Å². The number of para-hydroxylation sites is 1. The van der Waals surface area contributed by atoms with Gasteiger partial charge in [-0.2, -0.15) is 0 Å². The number of rotatable bonds is 5. The number of fused-ring (bicyclic) bond motifs is 3. The number of ether oxygens (including phenoxy) is 3.